The Bertz CT molecular complexity index is 1270. The van der Waals surface area contributed by atoms with Crippen molar-refractivity contribution in [1.82, 2.24) is 14.9 Å². The van der Waals surface area contributed by atoms with Crippen LogP contribution in [0.1, 0.15) is 33.7 Å². The summed E-state index contributed by atoms with van der Waals surface area (Å²) < 4.78 is 8.26. The number of fused-ring (bicyclic) bond motifs is 1. The number of aromatic nitrogens is 2. The number of hydrogen-bond acceptors (Lipinski definition) is 3. The quantitative estimate of drug-likeness (QED) is 0.323. The number of amides is 1. The number of carbonyl (C=O) groups is 1. The predicted octanol–water partition coefficient (Wildman–Crippen LogP) is 5.75. The number of para-hydroxylation sites is 2. The first-order chi connectivity index (χ1) is 16.0. The van der Waals surface area contributed by atoms with E-state index in [-0.39, 0.29) is 5.91 Å². The lowest BCUT2D eigenvalue weighted by atomic mass is 10.1. The summed E-state index contributed by atoms with van der Waals surface area (Å²) in [4.78, 5) is 17.3. The maximum absolute atomic E-state index is 12.5. The maximum atomic E-state index is 12.5. The van der Waals surface area contributed by atoms with Crippen LogP contribution in [0, 0.1) is 13.8 Å². The molecule has 1 N–H and O–H groups in total. The monoisotopic (exact) mass is 461 g/mol. The van der Waals surface area contributed by atoms with Crippen molar-refractivity contribution in [3.8, 4) is 5.75 Å². The molecule has 0 spiro atoms. The van der Waals surface area contributed by atoms with Gasteiger partial charge >= 0.3 is 0 Å². The molecule has 0 atom stereocenters. The second-order valence-electron chi connectivity index (χ2n) is 8.05. The molecule has 1 heterocycles. The standard InChI is InChI=1S/C27H28ClN3O2/c1-19-9-7-14-25(20(19)2)33-18-8-17-31-24-13-6-5-12-23(24)30-26(31)15-16-29-27(32)21-10-3-4-11-22(21)28/h3-7,9-14H,8,15-18H2,1-2H3,(H,29,32). The highest BCUT2D eigenvalue weighted by molar-refractivity contribution is 6.33. The number of nitrogens with zero attached hydrogens (tertiary/aromatic N) is 2. The van der Waals surface area contributed by atoms with Gasteiger partial charge in [0.2, 0.25) is 0 Å². The van der Waals surface area contributed by atoms with Crippen LogP contribution in [0.2, 0.25) is 5.02 Å². The molecule has 0 radical (unpaired) electrons. The van der Waals surface area contributed by atoms with Crippen LogP contribution in [0.3, 0.4) is 0 Å². The Balaban J connectivity index is 1.39. The lowest BCUT2D eigenvalue weighted by Crippen LogP contribution is -2.26. The van der Waals surface area contributed by atoms with Gasteiger partial charge in [-0.25, -0.2) is 4.98 Å². The topological polar surface area (TPSA) is 56.1 Å². The van der Waals surface area contributed by atoms with Crippen LogP contribution in [0.25, 0.3) is 11.0 Å². The lowest BCUT2D eigenvalue weighted by molar-refractivity contribution is 0.0954. The minimum absolute atomic E-state index is 0.176. The summed E-state index contributed by atoms with van der Waals surface area (Å²) in [5, 5.41) is 3.41. The Morgan fingerprint density at radius 2 is 1.82 bits per heavy atom. The minimum Gasteiger partial charge on any atom is -0.493 e. The summed E-state index contributed by atoms with van der Waals surface area (Å²) in [6.45, 7) is 6.07. The van der Waals surface area contributed by atoms with Crippen molar-refractivity contribution in [2.24, 2.45) is 0 Å². The smallest absolute Gasteiger partial charge is 0.252 e. The SMILES string of the molecule is Cc1cccc(OCCCn2c(CCNC(=O)c3ccccc3Cl)nc3ccccc32)c1C. The second-order valence-corrected chi connectivity index (χ2v) is 8.46. The maximum Gasteiger partial charge on any atom is 0.252 e. The Hall–Kier alpha value is -3.31. The van der Waals surface area contributed by atoms with Crippen molar-refractivity contribution >= 4 is 28.5 Å². The van der Waals surface area contributed by atoms with Gasteiger partial charge in [0.15, 0.2) is 0 Å². The van der Waals surface area contributed by atoms with Crippen LogP contribution >= 0.6 is 11.6 Å². The molecule has 0 aliphatic heterocycles. The Kier molecular flexibility index (Phi) is 7.30. The van der Waals surface area contributed by atoms with Crippen LogP contribution in [-0.2, 0) is 13.0 Å². The fraction of sp³-hybridized carbons (Fsp3) is 0.259. The highest BCUT2D eigenvalue weighted by atomic mass is 35.5. The first-order valence-electron chi connectivity index (χ1n) is 11.2. The van der Waals surface area contributed by atoms with Crippen LogP contribution < -0.4 is 10.1 Å². The van der Waals surface area contributed by atoms with Gasteiger partial charge in [0.1, 0.15) is 11.6 Å². The third-order valence-electron chi connectivity index (χ3n) is 5.82. The third kappa shape index (κ3) is 5.37. The van der Waals surface area contributed by atoms with E-state index >= 15 is 0 Å². The molecule has 0 saturated carbocycles. The van der Waals surface area contributed by atoms with E-state index in [0.29, 0.717) is 30.2 Å². The van der Waals surface area contributed by atoms with E-state index in [2.05, 4.69) is 35.9 Å². The van der Waals surface area contributed by atoms with Gasteiger partial charge in [-0.2, -0.15) is 0 Å². The molecule has 3 aromatic carbocycles. The van der Waals surface area contributed by atoms with Crippen LogP contribution in [0.4, 0.5) is 0 Å². The average molecular weight is 462 g/mol. The number of aryl methyl sites for hydroxylation is 2. The average Bonchev–Trinajstić information content (AvgIpc) is 3.17. The highest BCUT2D eigenvalue weighted by Crippen LogP contribution is 2.21. The number of carbonyl (C=O) groups excluding carboxylic acids is 1. The van der Waals surface area contributed by atoms with E-state index in [1.54, 1.807) is 18.2 Å². The van der Waals surface area contributed by atoms with Crippen LogP contribution in [0.15, 0.2) is 66.7 Å². The number of benzene rings is 3. The summed E-state index contributed by atoms with van der Waals surface area (Å²) in [7, 11) is 0. The lowest BCUT2D eigenvalue weighted by Gasteiger charge is -2.13. The normalized spacial score (nSPS) is 11.0. The molecule has 0 fully saturated rings. The number of nitrogens with one attached hydrogen (secondary N) is 1. The van der Waals surface area contributed by atoms with Crippen LogP contribution in [0.5, 0.6) is 5.75 Å². The molecule has 4 rings (SSSR count). The summed E-state index contributed by atoms with van der Waals surface area (Å²) in [6.07, 6.45) is 1.48. The zero-order valence-corrected chi connectivity index (χ0v) is 19.7. The van der Waals surface area contributed by atoms with Gasteiger partial charge in [0.05, 0.1) is 28.2 Å². The molecule has 0 saturated heterocycles. The molecule has 0 aliphatic rings. The van der Waals surface area contributed by atoms with E-state index < -0.39 is 0 Å². The first kappa shape index (κ1) is 22.9. The van der Waals surface area contributed by atoms with Crippen molar-refractivity contribution in [3.05, 3.63) is 94.3 Å². The van der Waals surface area contributed by atoms with Crippen molar-refractivity contribution in [3.63, 3.8) is 0 Å². The summed E-state index contributed by atoms with van der Waals surface area (Å²) in [5.74, 6) is 1.71. The van der Waals surface area contributed by atoms with Gasteiger partial charge in [0.25, 0.3) is 5.91 Å². The Morgan fingerprint density at radius 1 is 1.03 bits per heavy atom. The van der Waals surface area contributed by atoms with Gasteiger partial charge in [-0.1, -0.05) is 48.0 Å². The molecule has 1 amide bonds. The fourth-order valence-corrected chi connectivity index (χ4v) is 4.10. The molecule has 5 nitrogen and oxygen atoms in total. The fourth-order valence-electron chi connectivity index (χ4n) is 3.88. The third-order valence-corrected chi connectivity index (χ3v) is 6.15. The van der Waals surface area contributed by atoms with Crippen molar-refractivity contribution in [1.29, 1.82) is 0 Å². The van der Waals surface area contributed by atoms with Gasteiger partial charge in [-0.15, -0.1) is 0 Å². The Morgan fingerprint density at radius 3 is 2.67 bits per heavy atom. The van der Waals surface area contributed by atoms with Gasteiger partial charge in [-0.05, 0) is 61.7 Å². The van der Waals surface area contributed by atoms with Gasteiger partial charge < -0.3 is 14.6 Å². The van der Waals surface area contributed by atoms with Crippen molar-refractivity contribution in [2.75, 3.05) is 13.2 Å². The molecule has 0 unspecified atom stereocenters. The molecular weight excluding hydrogens is 434 g/mol. The predicted molar refractivity (Wildman–Crippen MR) is 133 cm³/mol. The van der Waals surface area contributed by atoms with Gasteiger partial charge in [-0.3, -0.25) is 4.79 Å². The van der Waals surface area contributed by atoms with Gasteiger partial charge in [0, 0.05) is 19.5 Å². The highest BCUT2D eigenvalue weighted by Gasteiger charge is 2.13. The van der Waals surface area contributed by atoms with Crippen molar-refractivity contribution in [2.45, 2.75) is 33.2 Å². The Labute approximate surface area is 199 Å². The largest absolute Gasteiger partial charge is 0.493 e. The number of hydrogen-bond donors (Lipinski definition) is 1. The number of ether oxygens (including phenoxy) is 1. The zero-order valence-electron chi connectivity index (χ0n) is 19.0. The van der Waals surface area contributed by atoms with E-state index in [1.165, 1.54) is 11.1 Å². The molecule has 33 heavy (non-hydrogen) atoms. The first-order valence-corrected chi connectivity index (χ1v) is 11.6. The number of rotatable bonds is 9. The van der Waals surface area contributed by atoms with Crippen molar-refractivity contribution < 1.29 is 9.53 Å². The van der Waals surface area contributed by atoms with E-state index in [4.69, 9.17) is 21.3 Å². The summed E-state index contributed by atoms with van der Waals surface area (Å²) in [6, 6.07) is 21.3. The molecular formula is C27H28ClN3O2. The molecule has 4 aromatic rings. The van der Waals surface area contributed by atoms with Crippen LogP contribution in [-0.4, -0.2) is 28.6 Å². The molecule has 1 aromatic heterocycles. The summed E-state index contributed by atoms with van der Waals surface area (Å²) in [5.41, 5.74) is 4.95. The van der Waals surface area contributed by atoms with E-state index in [0.717, 1.165) is 35.6 Å². The molecule has 0 bridgehead atoms. The van der Waals surface area contributed by atoms with E-state index in [1.807, 2.05) is 36.4 Å². The molecule has 0 aliphatic carbocycles. The second kappa shape index (κ2) is 10.5. The molecule has 6 heteroatoms. The zero-order chi connectivity index (χ0) is 23.2. The minimum atomic E-state index is -0.176. The number of halogens is 1. The number of imidazole rings is 1. The summed E-state index contributed by atoms with van der Waals surface area (Å²) >= 11 is 6.14. The molecule has 170 valence electrons. The van der Waals surface area contributed by atoms with E-state index in [9.17, 15) is 4.79 Å².